The number of carbonyl (C=O) groups is 2. The molecule has 1 aromatic heterocycles. The average molecular weight is 487 g/mol. The van der Waals surface area contributed by atoms with E-state index in [1.54, 1.807) is 43.4 Å². The van der Waals surface area contributed by atoms with Gasteiger partial charge in [0.05, 0.1) is 12.8 Å². The summed E-state index contributed by atoms with van der Waals surface area (Å²) in [6, 6.07) is 16.0. The first kappa shape index (κ1) is 24.4. The molecule has 0 aliphatic rings. The van der Waals surface area contributed by atoms with Crippen molar-refractivity contribution in [1.82, 2.24) is 25.1 Å². The Balaban J connectivity index is 1.69. The minimum atomic E-state index is -1.01. The van der Waals surface area contributed by atoms with E-state index in [2.05, 4.69) is 20.8 Å². The molecule has 0 bridgehead atoms. The van der Waals surface area contributed by atoms with Crippen molar-refractivity contribution < 1.29 is 19.4 Å². The SMILES string of the molecule is COc1cc([C@H](C(=O)Nc2c(C)cccc2C)N(C)C(=O)c2ccc(-n3cnnn3)cc2)ccc1O. The van der Waals surface area contributed by atoms with Gasteiger partial charge in [0.2, 0.25) is 0 Å². The second-order valence-electron chi connectivity index (χ2n) is 8.31. The molecule has 184 valence electrons. The summed E-state index contributed by atoms with van der Waals surface area (Å²) in [5.74, 6) is -0.639. The summed E-state index contributed by atoms with van der Waals surface area (Å²) in [5.41, 5.74) is 4.03. The summed E-state index contributed by atoms with van der Waals surface area (Å²) in [6.45, 7) is 3.81. The fraction of sp³-hybridized carbons (Fsp3) is 0.192. The van der Waals surface area contributed by atoms with Gasteiger partial charge in [-0.1, -0.05) is 24.3 Å². The third-order valence-electron chi connectivity index (χ3n) is 5.93. The number of tetrazole rings is 1. The monoisotopic (exact) mass is 486 g/mol. The van der Waals surface area contributed by atoms with Crippen LogP contribution in [0.3, 0.4) is 0 Å². The molecule has 0 aliphatic carbocycles. The zero-order chi connectivity index (χ0) is 25.8. The van der Waals surface area contributed by atoms with Gasteiger partial charge in [-0.25, -0.2) is 4.68 Å². The summed E-state index contributed by atoms with van der Waals surface area (Å²) >= 11 is 0. The summed E-state index contributed by atoms with van der Waals surface area (Å²) in [7, 11) is 2.98. The molecule has 10 heteroatoms. The molecule has 10 nitrogen and oxygen atoms in total. The Morgan fingerprint density at radius 1 is 1.06 bits per heavy atom. The maximum Gasteiger partial charge on any atom is 0.254 e. The van der Waals surface area contributed by atoms with Crippen LogP contribution < -0.4 is 10.1 Å². The molecule has 3 aromatic carbocycles. The number of hydrogen-bond acceptors (Lipinski definition) is 7. The smallest absolute Gasteiger partial charge is 0.254 e. The van der Waals surface area contributed by atoms with E-state index >= 15 is 0 Å². The van der Waals surface area contributed by atoms with Gasteiger partial charge in [-0.3, -0.25) is 9.59 Å². The van der Waals surface area contributed by atoms with E-state index in [4.69, 9.17) is 4.74 Å². The first-order valence-corrected chi connectivity index (χ1v) is 11.1. The molecule has 2 N–H and O–H groups in total. The van der Waals surface area contributed by atoms with Gasteiger partial charge < -0.3 is 20.1 Å². The van der Waals surface area contributed by atoms with Gasteiger partial charge in [0, 0.05) is 18.3 Å². The normalized spacial score (nSPS) is 11.6. The maximum atomic E-state index is 13.7. The van der Waals surface area contributed by atoms with Crippen molar-refractivity contribution in [2.75, 3.05) is 19.5 Å². The highest BCUT2D eigenvalue weighted by atomic mass is 16.5. The number of likely N-dealkylation sites (N-methyl/N-ethyl adjacent to an activating group) is 1. The largest absolute Gasteiger partial charge is 0.504 e. The number of para-hydroxylation sites is 1. The van der Waals surface area contributed by atoms with Crippen molar-refractivity contribution in [3.05, 3.63) is 89.2 Å². The van der Waals surface area contributed by atoms with Crippen LogP contribution in [0.1, 0.15) is 33.1 Å². The highest BCUT2D eigenvalue weighted by Gasteiger charge is 2.31. The number of phenols is 1. The van der Waals surface area contributed by atoms with Crippen LogP contribution in [0, 0.1) is 13.8 Å². The number of aryl methyl sites for hydroxylation is 2. The van der Waals surface area contributed by atoms with Crippen molar-refractivity contribution in [2.45, 2.75) is 19.9 Å². The average Bonchev–Trinajstić information content (AvgIpc) is 3.42. The molecular formula is C26H26N6O4. The minimum absolute atomic E-state index is 0.0673. The molecule has 1 atom stereocenters. The van der Waals surface area contributed by atoms with E-state index in [9.17, 15) is 14.7 Å². The maximum absolute atomic E-state index is 13.7. The molecule has 0 saturated heterocycles. The first-order chi connectivity index (χ1) is 17.3. The van der Waals surface area contributed by atoms with Crippen LogP contribution in [0.25, 0.3) is 5.69 Å². The third kappa shape index (κ3) is 4.88. The number of aromatic nitrogens is 4. The van der Waals surface area contributed by atoms with Crippen LogP contribution in [0.5, 0.6) is 11.5 Å². The van der Waals surface area contributed by atoms with Gasteiger partial charge in [-0.15, -0.1) is 5.10 Å². The standard InChI is InChI=1S/C26H26N6O4/c1-16-6-5-7-17(2)23(16)28-25(34)24(19-10-13-21(33)22(14-19)36-4)31(3)26(35)18-8-11-20(12-9-18)32-15-27-29-30-32/h5-15,24,33H,1-4H3,(H,28,34)/t24-/m1/s1. The van der Waals surface area contributed by atoms with E-state index in [0.717, 1.165) is 11.1 Å². The van der Waals surface area contributed by atoms with Gasteiger partial charge >= 0.3 is 0 Å². The van der Waals surface area contributed by atoms with Crippen molar-refractivity contribution in [1.29, 1.82) is 0 Å². The number of anilines is 1. The number of amides is 2. The first-order valence-electron chi connectivity index (χ1n) is 11.1. The number of ether oxygens (including phenoxy) is 1. The Hall–Kier alpha value is -4.73. The predicted octanol–water partition coefficient (Wildman–Crippen LogP) is 3.45. The van der Waals surface area contributed by atoms with Crippen molar-refractivity contribution in [2.24, 2.45) is 0 Å². The summed E-state index contributed by atoms with van der Waals surface area (Å²) in [5, 5.41) is 24.1. The Morgan fingerprint density at radius 2 is 1.75 bits per heavy atom. The number of nitrogens with one attached hydrogen (secondary N) is 1. The molecule has 0 unspecified atom stereocenters. The molecule has 2 amide bonds. The Bertz CT molecular complexity index is 1370. The van der Waals surface area contributed by atoms with Crippen LogP contribution in [0.2, 0.25) is 0 Å². The molecule has 4 aromatic rings. The Labute approximate surface area is 208 Å². The molecule has 0 saturated carbocycles. The van der Waals surface area contributed by atoms with Crippen LogP contribution in [-0.4, -0.2) is 56.2 Å². The molecular weight excluding hydrogens is 460 g/mol. The van der Waals surface area contributed by atoms with Crippen molar-refractivity contribution in [3.8, 4) is 17.2 Å². The number of aromatic hydroxyl groups is 1. The van der Waals surface area contributed by atoms with Gasteiger partial charge in [-0.05, 0) is 77.4 Å². The van der Waals surface area contributed by atoms with Gasteiger partial charge in [0.1, 0.15) is 12.4 Å². The lowest BCUT2D eigenvalue weighted by Gasteiger charge is -2.29. The van der Waals surface area contributed by atoms with Crippen LogP contribution in [0.15, 0.2) is 67.0 Å². The second kappa shape index (κ2) is 10.3. The quantitative estimate of drug-likeness (QED) is 0.410. The minimum Gasteiger partial charge on any atom is -0.504 e. The number of hydrogen-bond donors (Lipinski definition) is 2. The molecule has 4 rings (SSSR count). The Morgan fingerprint density at radius 3 is 2.36 bits per heavy atom. The lowest BCUT2D eigenvalue weighted by atomic mass is 10.0. The fourth-order valence-electron chi connectivity index (χ4n) is 3.98. The van der Waals surface area contributed by atoms with Crippen molar-refractivity contribution in [3.63, 3.8) is 0 Å². The fourth-order valence-corrected chi connectivity index (χ4v) is 3.98. The van der Waals surface area contributed by atoms with E-state index in [1.165, 1.54) is 29.1 Å². The topological polar surface area (TPSA) is 122 Å². The number of benzene rings is 3. The highest BCUT2D eigenvalue weighted by molar-refractivity contribution is 6.02. The van der Waals surface area contributed by atoms with Crippen molar-refractivity contribution >= 4 is 17.5 Å². The van der Waals surface area contributed by atoms with Gasteiger partial charge in [0.15, 0.2) is 11.5 Å². The molecule has 0 spiro atoms. The number of carbonyl (C=O) groups excluding carboxylic acids is 2. The van der Waals surface area contributed by atoms with Crippen LogP contribution in [0.4, 0.5) is 5.69 Å². The summed E-state index contributed by atoms with van der Waals surface area (Å²) in [4.78, 5) is 28.5. The number of phenolic OH excluding ortho intramolecular Hbond substituents is 1. The number of rotatable bonds is 7. The summed E-state index contributed by atoms with van der Waals surface area (Å²) in [6.07, 6.45) is 1.45. The summed E-state index contributed by atoms with van der Waals surface area (Å²) < 4.78 is 6.72. The lowest BCUT2D eigenvalue weighted by molar-refractivity contribution is -0.120. The van der Waals surface area contributed by atoms with E-state index in [1.807, 2.05) is 32.0 Å². The van der Waals surface area contributed by atoms with E-state index in [-0.39, 0.29) is 17.4 Å². The lowest BCUT2D eigenvalue weighted by Crippen LogP contribution is -2.39. The molecule has 1 heterocycles. The zero-order valence-electron chi connectivity index (χ0n) is 20.3. The predicted molar refractivity (Wildman–Crippen MR) is 133 cm³/mol. The molecule has 0 fully saturated rings. The van der Waals surface area contributed by atoms with E-state index in [0.29, 0.717) is 22.5 Å². The number of methoxy groups -OCH3 is 1. The van der Waals surface area contributed by atoms with E-state index < -0.39 is 11.9 Å². The number of nitrogens with zero attached hydrogens (tertiary/aromatic N) is 5. The van der Waals surface area contributed by atoms with Gasteiger partial charge in [0.25, 0.3) is 11.8 Å². The Kier molecular flexibility index (Phi) is 6.95. The molecule has 36 heavy (non-hydrogen) atoms. The third-order valence-corrected chi connectivity index (χ3v) is 5.93. The molecule has 0 radical (unpaired) electrons. The molecule has 0 aliphatic heterocycles. The van der Waals surface area contributed by atoms with Crippen LogP contribution in [-0.2, 0) is 4.79 Å². The second-order valence-corrected chi connectivity index (χ2v) is 8.31. The van der Waals surface area contributed by atoms with Crippen LogP contribution >= 0.6 is 0 Å². The highest BCUT2D eigenvalue weighted by Crippen LogP contribution is 2.33. The zero-order valence-corrected chi connectivity index (χ0v) is 20.3. The van der Waals surface area contributed by atoms with Gasteiger partial charge in [-0.2, -0.15) is 0 Å².